The van der Waals surface area contributed by atoms with Crippen molar-refractivity contribution in [3.05, 3.63) is 0 Å². The number of carbonyl (C=O) groups is 1. The van der Waals surface area contributed by atoms with Gasteiger partial charge in [-0.05, 0) is 6.42 Å². The average Bonchev–Trinajstić information content (AvgIpc) is 2.43. The van der Waals surface area contributed by atoms with E-state index in [1.165, 1.54) is 64.2 Å². The molecule has 0 aromatic heterocycles. The van der Waals surface area contributed by atoms with Gasteiger partial charge in [0, 0.05) is 5.88 Å². The number of carboxylic acids is 1. The van der Waals surface area contributed by atoms with Crippen molar-refractivity contribution in [1.29, 1.82) is 0 Å². The summed E-state index contributed by atoms with van der Waals surface area (Å²) in [6.07, 6.45) is 16.4. The molecule has 0 saturated carbocycles. The smallest absolute Gasteiger partial charge is 0.307 e. The first kappa shape index (κ1) is 19.8. The molecule has 0 rings (SSSR count). The molecule has 0 aliphatic carbocycles. The summed E-state index contributed by atoms with van der Waals surface area (Å²) in [6, 6.07) is 0. The highest BCUT2D eigenvalue weighted by atomic mass is 35.5. The van der Waals surface area contributed by atoms with Gasteiger partial charge in [-0.15, -0.1) is 11.6 Å². The number of hydrogen-bond acceptors (Lipinski definition) is 1. The summed E-state index contributed by atoms with van der Waals surface area (Å²) >= 11 is 5.62. The molecule has 1 atom stereocenters. The van der Waals surface area contributed by atoms with Gasteiger partial charge in [-0.25, -0.2) is 0 Å². The van der Waals surface area contributed by atoms with Crippen molar-refractivity contribution in [3.8, 4) is 0 Å². The van der Waals surface area contributed by atoms with E-state index >= 15 is 0 Å². The number of rotatable bonds is 15. The highest BCUT2D eigenvalue weighted by molar-refractivity contribution is 6.19. The molecule has 20 heavy (non-hydrogen) atoms. The molecule has 0 aromatic carbocycles. The Hall–Kier alpha value is -0.240. The molecule has 0 spiro atoms. The lowest BCUT2D eigenvalue weighted by atomic mass is 10.0. The number of hydrogen-bond donors (Lipinski definition) is 1. The van der Waals surface area contributed by atoms with E-state index in [4.69, 9.17) is 16.7 Å². The molecule has 0 aliphatic heterocycles. The molecule has 1 unspecified atom stereocenters. The third kappa shape index (κ3) is 12.8. The van der Waals surface area contributed by atoms with Gasteiger partial charge in [0.2, 0.25) is 0 Å². The van der Waals surface area contributed by atoms with Crippen LogP contribution in [0.4, 0.5) is 0 Å². The summed E-state index contributed by atoms with van der Waals surface area (Å²) in [4.78, 5) is 10.8. The van der Waals surface area contributed by atoms with Crippen molar-refractivity contribution >= 4 is 17.6 Å². The first-order valence-electron chi connectivity index (χ1n) is 8.51. The van der Waals surface area contributed by atoms with E-state index < -0.39 is 5.97 Å². The number of alkyl halides is 1. The molecule has 0 saturated heterocycles. The molecule has 0 heterocycles. The van der Waals surface area contributed by atoms with E-state index in [0.717, 1.165) is 19.3 Å². The van der Waals surface area contributed by atoms with Gasteiger partial charge in [0.15, 0.2) is 0 Å². The average molecular weight is 305 g/mol. The molecule has 120 valence electrons. The second-order valence-corrected chi connectivity index (χ2v) is 6.18. The van der Waals surface area contributed by atoms with Crippen molar-refractivity contribution in [2.24, 2.45) is 5.92 Å². The monoisotopic (exact) mass is 304 g/mol. The molecule has 0 bridgehead atoms. The minimum atomic E-state index is -0.747. The van der Waals surface area contributed by atoms with Gasteiger partial charge in [0.1, 0.15) is 0 Å². The van der Waals surface area contributed by atoms with E-state index in [1.807, 2.05) is 0 Å². The van der Waals surface area contributed by atoms with Crippen LogP contribution in [0, 0.1) is 5.92 Å². The zero-order chi connectivity index (χ0) is 15.1. The van der Waals surface area contributed by atoms with E-state index in [0.29, 0.717) is 0 Å². The van der Waals surface area contributed by atoms with Crippen molar-refractivity contribution in [2.45, 2.75) is 90.4 Å². The van der Waals surface area contributed by atoms with Gasteiger partial charge >= 0.3 is 5.97 Å². The van der Waals surface area contributed by atoms with Crippen molar-refractivity contribution in [2.75, 3.05) is 5.88 Å². The van der Waals surface area contributed by atoms with Gasteiger partial charge in [0.05, 0.1) is 5.92 Å². The van der Waals surface area contributed by atoms with Gasteiger partial charge in [-0.3, -0.25) is 4.79 Å². The van der Waals surface area contributed by atoms with Gasteiger partial charge < -0.3 is 5.11 Å². The molecule has 3 heteroatoms. The van der Waals surface area contributed by atoms with Gasteiger partial charge in [-0.1, -0.05) is 84.0 Å². The zero-order valence-electron chi connectivity index (χ0n) is 13.2. The molecule has 0 aromatic rings. The lowest BCUT2D eigenvalue weighted by molar-refractivity contribution is -0.141. The SMILES string of the molecule is CCCCCCCCCCCCCCC(CCl)C(=O)O. The first-order valence-corrected chi connectivity index (χ1v) is 9.04. The van der Waals surface area contributed by atoms with Gasteiger partial charge in [-0.2, -0.15) is 0 Å². The summed E-state index contributed by atoms with van der Waals surface area (Å²) in [5.74, 6) is -0.851. The standard InChI is InChI=1S/C17H33ClO2/c1-2-3-4-5-6-7-8-9-10-11-12-13-14-16(15-18)17(19)20/h16H,2-15H2,1H3,(H,19,20). The maximum Gasteiger partial charge on any atom is 0.307 e. The van der Waals surface area contributed by atoms with E-state index in [1.54, 1.807) is 0 Å². The van der Waals surface area contributed by atoms with Crippen LogP contribution in [0.5, 0.6) is 0 Å². The number of halogens is 1. The summed E-state index contributed by atoms with van der Waals surface area (Å²) in [5.41, 5.74) is 0. The normalized spacial score (nSPS) is 12.5. The molecule has 0 aliphatic rings. The zero-order valence-corrected chi connectivity index (χ0v) is 14.0. The minimum absolute atomic E-state index is 0.243. The number of aliphatic carboxylic acids is 1. The Labute approximate surface area is 130 Å². The Kier molecular flexibility index (Phi) is 15.0. The van der Waals surface area contributed by atoms with E-state index in [-0.39, 0.29) is 11.8 Å². The molecule has 0 fully saturated rings. The van der Waals surface area contributed by atoms with Crippen LogP contribution in [0.15, 0.2) is 0 Å². The van der Waals surface area contributed by atoms with Crippen LogP contribution in [-0.2, 0) is 4.79 Å². The second-order valence-electron chi connectivity index (χ2n) is 5.87. The van der Waals surface area contributed by atoms with Crippen molar-refractivity contribution in [1.82, 2.24) is 0 Å². The maximum atomic E-state index is 10.8. The molecular formula is C17H33ClO2. The lowest BCUT2D eigenvalue weighted by Crippen LogP contribution is -2.14. The van der Waals surface area contributed by atoms with Crippen LogP contribution >= 0.6 is 11.6 Å². The van der Waals surface area contributed by atoms with Crippen LogP contribution in [-0.4, -0.2) is 17.0 Å². The predicted molar refractivity (Wildman–Crippen MR) is 87.5 cm³/mol. The number of carboxylic acid groups (broad SMARTS) is 1. The van der Waals surface area contributed by atoms with Crippen LogP contribution in [0.1, 0.15) is 90.4 Å². The van der Waals surface area contributed by atoms with Crippen molar-refractivity contribution in [3.63, 3.8) is 0 Å². The molecule has 0 radical (unpaired) electrons. The molecule has 0 amide bonds. The minimum Gasteiger partial charge on any atom is -0.481 e. The highest BCUT2D eigenvalue weighted by Gasteiger charge is 2.14. The van der Waals surface area contributed by atoms with Crippen LogP contribution < -0.4 is 0 Å². The largest absolute Gasteiger partial charge is 0.481 e. The third-order valence-corrected chi connectivity index (χ3v) is 4.31. The van der Waals surface area contributed by atoms with Crippen LogP contribution in [0.2, 0.25) is 0 Å². The third-order valence-electron chi connectivity index (χ3n) is 3.94. The second kappa shape index (κ2) is 15.2. The summed E-state index contributed by atoms with van der Waals surface area (Å²) in [7, 11) is 0. The Morgan fingerprint density at radius 3 is 1.60 bits per heavy atom. The van der Waals surface area contributed by atoms with E-state index in [9.17, 15) is 4.79 Å². The molecule has 1 N–H and O–H groups in total. The Bertz CT molecular complexity index is 219. The fourth-order valence-electron chi connectivity index (χ4n) is 2.50. The Morgan fingerprint density at radius 1 is 0.850 bits per heavy atom. The first-order chi connectivity index (χ1) is 9.72. The van der Waals surface area contributed by atoms with E-state index in [2.05, 4.69) is 6.92 Å². The quantitative estimate of drug-likeness (QED) is 0.297. The summed E-state index contributed by atoms with van der Waals surface area (Å²) in [6.45, 7) is 2.26. The highest BCUT2D eigenvalue weighted by Crippen LogP contribution is 2.15. The maximum absolute atomic E-state index is 10.8. The molecular weight excluding hydrogens is 272 g/mol. The predicted octanol–water partition coefficient (Wildman–Crippen LogP) is 6.02. The topological polar surface area (TPSA) is 37.3 Å². The van der Waals surface area contributed by atoms with Crippen molar-refractivity contribution < 1.29 is 9.90 Å². The van der Waals surface area contributed by atoms with Gasteiger partial charge in [0.25, 0.3) is 0 Å². The summed E-state index contributed by atoms with van der Waals surface area (Å²) < 4.78 is 0. The lowest BCUT2D eigenvalue weighted by Gasteiger charge is -2.07. The van der Waals surface area contributed by atoms with Crippen LogP contribution in [0.25, 0.3) is 0 Å². The Morgan fingerprint density at radius 2 is 1.25 bits per heavy atom. The fraction of sp³-hybridized carbons (Fsp3) is 0.941. The number of unbranched alkanes of at least 4 members (excludes halogenated alkanes) is 11. The molecule has 2 nitrogen and oxygen atoms in total. The summed E-state index contributed by atoms with van der Waals surface area (Å²) in [5, 5.41) is 8.87. The Balaban J connectivity index is 3.15. The van der Waals surface area contributed by atoms with Crippen LogP contribution in [0.3, 0.4) is 0 Å². The fourth-order valence-corrected chi connectivity index (χ4v) is 2.78.